The van der Waals surface area contributed by atoms with Gasteiger partial charge in [-0.25, -0.2) is 13.1 Å². The number of sulfonamides is 1. The van der Waals surface area contributed by atoms with Gasteiger partial charge < -0.3 is 0 Å². The first kappa shape index (κ1) is 14.0. The molecule has 0 spiro atoms. The Bertz CT molecular complexity index is 515. The molecule has 96 valence electrons. The number of aryl methyl sites for hydroxylation is 1. The number of rotatable bonds is 4. The number of alkyl halides is 1. The maximum Gasteiger partial charge on any atom is 0.242 e. The average molecular weight is 403 g/mol. The second kappa shape index (κ2) is 4.92. The van der Waals surface area contributed by atoms with Crippen LogP contribution in [0.3, 0.4) is 0 Å². The molecule has 1 N–H and O–H groups in total. The zero-order valence-corrected chi connectivity index (χ0v) is 14.1. The zero-order valence-electron chi connectivity index (χ0n) is 9.29. The smallest absolute Gasteiger partial charge is 0.207 e. The molecule has 0 amide bonds. The largest absolute Gasteiger partial charge is 0.242 e. The topological polar surface area (TPSA) is 46.2 Å². The maximum absolute atomic E-state index is 12.3. The summed E-state index contributed by atoms with van der Waals surface area (Å²) in [5.74, 6) is 0. The van der Waals surface area contributed by atoms with Gasteiger partial charge >= 0.3 is 0 Å². The molecule has 0 aliphatic heterocycles. The lowest BCUT2D eigenvalue weighted by Crippen LogP contribution is -2.54. The summed E-state index contributed by atoms with van der Waals surface area (Å²) in [6.07, 6.45) is 2.89. The minimum absolute atomic E-state index is 0.278. The molecule has 1 heterocycles. The number of hydrogen-bond donors (Lipinski definition) is 1. The summed E-state index contributed by atoms with van der Waals surface area (Å²) < 4.78 is 28.3. The molecule has 7 heteroatoms. The molecule has 0 atom stereocenters. The predicted octanol–water partition coefficient (Wildman–Crippen LogP) is 3.41. The molecule has 0 bridgehead atoms. The van der Waals surface area contributed by atoms with Crippen LogP contribution in [0.2, 0.25) is 0 Å². The van der Waals surface area contributed by atoms with Crippen molar-refractivity contribution >= 4 is 53.2 Å². The summed E-state index contributed by atoms with van der Waals surface area (Å²) >= 11 is 8.16. The Morgan fingerprint density at radius 1 is 1.53 bits per heavy atom. The molecule has 17 heavy (non-hydrogen) atoms. The molecule has 0 radical (unpaired) electrons. The van der Waals surface area contributed by atoms with E-state index in [-0.39, 0.29) is 5.54 Å². The molecule has 1 aromatic heterocycles. The van der Waals surface area contributed by atoms with Gasteiger partial charge in [0.1, 0.15) is 0 Å². The summed E-state index contributed by atoms with van der Waals surface area (Å²) in [4.78, 5) is 1.20. The van der Waals surface area contributed by atoms with E-state index in [2.05, 4.69) is 36.6 Å². The van der Waals surface area contributed by atoms with E-state index in [0.717, 1.165) is 27.9 Å². The normalized spacial score (nSPS) is 19.0. The molecule has 2 rings (SSSR count). The lowest BCUT2D eigenvalue weighted by atomic mass is 9.80. The first-order valence-corrected chi connectivity index (χ1v) is 9.46. The van der Waals surface area contributed by atoms with Crippen molar-refractivity contribution in [2.75, 3.05) is 5.33 Å². The van der Waals surface area contributed by atoms with E-state index in [4.69, 9.17) is 0 Å². The highest BCUT2D eigenvalue weighted by Crippen LogP contribution is 2.36. The number of thiophene rings is 1. The van der Waals surface area contributed by atoms with Gasteiger partial charge in [0.05, 0.1) is 8.68 Å². The van der Waals surface area contributed by atoms with Gasteiger partial charge in [-0.15, -0.1) is 11.3 Å². The fourth-order valence-electron chi connectivity index (χ4n) is 1.90. The molecule has 3 nitrogen and oxygen atoms in total. The van der Waals surface area contributed by atoms with Crippen LogP contribution in [0.15, 0.2) is 14.7 Å². The Balaban J connectivity index is 2.28. The molecule has 1 saturated carbocycles. The minimum atomic E-state index is -3.40. The van der Waals surface area contributed by atoms with Crippen LogP contribution in [0.5, 0.6) is 0 Å². The van der Waals surface area contributed by atoms with Gasteiger partial charge in [-0.05, 0) is 48.2 Å². The third kappa shape index (κ3) is 2.78. The van der Waals surface area contributed by atoms with Crippen LogP contribution in [0.4, 0.5) is 0 Å². The Morgan fingerprint density at radius 3 is 2.53 bits per heavy atom. The summed E-state index contributed by atoms with van der Waals surface area (Å²) in [5, 5.41) is 0.670. The van der Waals surface area contributed by atoms with E-state index < -0.39 is 10.0 Å². The molecular formula is C10H13Br2NO2S2. The van der Waals surface area contributed by atoms with Crippen molar-refractivity contribution in [3.05, 3.63) is 14.7 Å². The van der Waals surface area contributed by atoms with Crippen molar-refractivity contribution < 1.29 is 8.42 Å². The van der Waals surface area contributed by atoms with Crippen molar-refractivity contribution in [2.24, 2.45) is 0 Å². The van der Waals surface area contributed by atoms with Crippen LogP contribution >= 0.6 is 43.2 Å². The Labute approximate surface area is 122 Å². The molecule has 1 aliphatic rings. The standard InChI is InChI=1S/C10H13Br2NO2S2/c1-7-8(5-9(12)16-7)17(14,15)13-10(6-11)3-2-4-10/h5,13H,2-4,6H2,1H3. The zero-order chi connectivity index (χ0) is 12.7. The van der Waals surface area contributed by atoms with Gasteiger partial charge in [-0.3, -0.25) is 0 Å². The second-order valence-electron chi connectivity index (χ2n) is 4.34. The molecule has 1 fully saturated rings. The van der Waals surface area contributed by atoms with E-state index in [1.54, 1.807) is 6.07 Å². The first-order chi connectivity index (χ1) is 7.88. The van der Waals surface area contributed by atoms with Crippen LogP contribution in [0.25, 0.3) is 0 Å². The Morgan fingerprint density at radius 2 is 2.18 bits per heavy atom. The summed E-state index contributed by atoms with van der Waals surface area (Å²) in [6.45, 7) is 1.82. The highest BCUT2D eigenvalue weighted by molar-refractivity contribution is 9.11. The lowest BCUT2D eigenvalue weighted by Gasteiger charge is -2.40. The fourth-order valence-corrected chi connectivity index (χ4v) is 6.66. The van der Waals surface area contributed by atoms with Crippen LogP contribution in [-0.4, -0.2) is 19.3 Å². The van der Waals surface area contributed by atoms with E-state index in [1.165, 1.54) is 11.3 Å². The van der Waals surface area contributed by atoms with Gasteiger partial charge in [0.15, 0.2) is 0 Å². The second-order valence-corrected chi connectivity index (χ2v) is 9.19. The van der Waals surface area contributed by atoms with Gasteiger partial charge in [0, 0.05) is 15.7 Å². The van der Waals surface area contributed by atoms with Gasteiger partial charge in [0.2, 0.25) is 10.0 Å². The summed E-state index contributed by atoms with van der Waals surface area (Å²) in [7, 11) is -3.40. The third-order valence-corrected chi connectivity index (χ3v) is 7.51. The minimum Gasteiger partial charge on any atom is -0.207 e. The third-order valence-electron chi connectivity index (χ3n) is 3.05. The van der Waals surface area contributed by atoms with Gasteiger partial charge in [-0.1, -0.05) is 15.9 Å². The highest BCUT2D eigenvalue weighted by atomic mass is 79.9. The molecule has 0 unspecified atom stereocenters. The van der Waals surface area contributed by atoms with Crippen LogP contribution in [0, 0.1) is 6.92 Å². The monoisotopic (exact) mass is 401 g/mol. The van der Waals surface area contributed by atoms with E-state index in [0.29, 0.717) is 10.2 Å². The molecule has 1 aliphatic carbocycles. The van der Waals surface area contributed by atoms with Crippen molar-refractivity contribution in [3.63, 3.8) is 0 Å². The number of halogens is 2. The van der Waals surface area contributed by atoms with E-state index in [1.807, 2.05) is 6.92 Å². The molecule has 0 aromatic carbocycles. The van der Waals surface area contributed by atoms with Crippen molar-refractivity contribution in [2.45, 2.75) is 36.6 Å². The van der Waals surface area contributed by atoms with Crippen LogP contribution in [0.1, 0.15) is 24.1 Å². The molecular weight excluding hydrogens is 390 g/mol. The van der Waals surface area contributed by atoms with Gasteiger partial charge in [0.25, 0.3) is 0 Å². The van der Waals surface area contributed by atoms with Crippen molar-refractivity contribution in [1.29, 1.82) is 0 Å². The van der Waals surface area contributed by atoms with E-state index >= 15 is 0 Å². The maximum atomic E-state index is 12.3. The molecule has 1 aromatic rings. The fraction of sp³-hybridized carbons (Fsp3) is 0.600. The predicted molar refractivity (Wildman–Crippen MR) is 77.5 cm³/mol. The van der Waals surface area contributed by atoms with Crippen LogP contribution < -0.4 is 4.72 Å². The van der Waals surface area contributed by atoms with Gasteiger partial charge in [-0.2, -0.15) is 0 Å². The summed E-state index contributed by atoms with van der Waals surface area (Å²) in [6, 6.07) is 1.67. The SMILES string of the molecule is Cc1sc(Br)cc1S(=O)(=O)NC1(CBr)CCC1. The number of hydrogen-bond acceptors (Lipinski definition) is 3. The Kier molecular flexibility index (Phi) is 4.05. The van der Waals surface area contributed by atoms with Crippen molar-refractivity contribution in [1.82, 2.24) is 4.72 Å². The number of nitrogens with one attached hydrogen (secondary N) is 1. The van der Waals surface area contributed by atoms with Crippen LogP contribution in [-0.2, 0) is 10.0 Å². The summed E-state index contributed by atoms with van der Waals surface area (Å²) in [5.41, 5.74) is -0.278. The Hall–Kier alpha value is 0.570. The highest BCUT2D eigenvalue weighted by Gasteiger charge is 2.40. The average Bonchev–Trinajstić information content (AvgIpc) is 2.52. The van der Waals surface area contributed by atoms with E-state index in [9.17, 15) is 8.42 Å². The molecule has 0 saturated heterocycles. The first-order valence-electron chi connectivity index (χ1n) is 5.24. The lowest BCUT2D eigenvalue weighted by molar-refractivity contribution is 0.256. The van der Waals surface area contributed by atoms with Crippen molar-refractivity contribution in [3.8, 4) is 0 Å². The quantitative estimate of drug-likeness (QED) is 0.784.